The number of rotatable bonds is 2. The Balaban J connectivity index is 1.72. The lowest BCUT2D eigenvalue weighted by molar-refractivity contribution is -0.185. The Morgan fingerprint density at radius 1 is 1.38 bits per heavy atom. The predicted octanol–water partition coefficient (Wildman–Crippen LogP) is 3.25. The first-order chi connectivity index (χ1) is 10.1. The van der Waals surface area contributed by atoms with Crippen LogP contribution >= 0.6 is 11.6 Å². The molecule has 2 aliphatic rings. The fourth-order valence-corrected chi connectivity index (χ4v) is 3.59. The Bertz CT molecular complexity index is 505. The Kier molecular flexibility index (Phi) is 4.50. The average Bonchev–Trinajstić information content (AvgIpc) is 2.42. The number of hydrogen-bond acceptors (Lipinski definition) is 3. The molecule has 0 bridgehead atoms. The summed E-state index contributed by atoms with van der Waals surface area (Å²) in [5.74, 6) is -0.292. The van der Waals surface area contributed by atoms with Gasteiger partial charge in [-0.05, 0) is 24.6 Å². The summed E-state index contributed by atoms with van der Waals surface area (Å²) in [6.07, 6.45) is 2.06. The molecule has 0 aliphatic carbocycles. The van der Waals surface area contributed by atoms with Crippen molar-refractivity contribution >= 4 is 11.6 Å². The Morgan fingerprint density at radius 2 is 2.14 bits per heavy atom. The summed E-state index contributed by atoms with van der Waals surface area (Å²) in [4.78, 5) is 2.36. The summed E-state index contributed by atoms with van der Waals surface area (Å²) >= 11 is 6.14. The van der Waals surface area contributed by atoms with Gasteiger partial charge in [0.25, 0.3) is 0 Å². The van der Waals surface area contributed by atoms with E-state index >= 15 is 0 Å². The highest BCUT2D eigenvalue weighted by molar-refractivity contribution is 6.31. The van der Waals surface area contributed by atoms with Gasteiger partial charge in [0.05, 0.1) is 11.7 Å². The normalized spacial score (nSPS) is 26.1. The minimum Gasteiger partial charge on any atom is -0.381 e. The van der Waals surface area contributed by atoms with Crippen LogP contribution in [0.15, 0.2) is 18.2 Å². The molecule has 2 heterocycles. The molecule has 2 fully saturated rings. The van der Waals surface area contributed by atoms with Crippen molar-refractivity contribution in [2.24, 2.45) is 0 Å². The third kappa shape index (κ3) is 3.57. The molecule has 1 aromatic rings. The summed E-state index contributed by atoms with van der Waals surface area (Å²) in [5.41, 5.74) is 0.872. The molecule has 3 rings (SSSR count). The van der Waals surface area contributed by atoms with Gasteiger partial charge < -0.3 is 9.47 Å². The second kappa shape index (κ2) is 6.21. The zero-order valence-electron chi connectivity index (χ0n) is 12.3. The average molecular weight is 314 g/mol. The molecule has 1 aromatic carbocycles. The molecule has 5 heteroatoms. The quantitative estimate of drug-likeness (QED) is 0.836. The van der Waals surface area contributed by atoms with Crippen LogP contribution in [0.25, 0.3) is 0 Å². The first-order valence-electron chi connectivity index (χ1n) is 7.48. The smallest absolute Gasteiger partial charge is 0.124 e. The molecule has 3 nitrogen and oxygen atoms in total. The molecule has 0 aromatic heterocycles. The van der Waals surface area contributed by atoms with E-state index in [0.717, 1.165) is 51.3 Å². The summed E-state index contributed by atoms with van der Waals surface area (Å²) in [6.45, 7) is 6.12. The zero-order valence-corrected chi connectivity index (χ0v) is 13.0. The van der Waals surface area contributed by atoms with E-state index in [4.69, 9.17) is 21.1 Å². The van der Waals surface area contributed by atoms with Gasteiger partial charge in [0, 0.05) is 50.7 Å². The zero-order chi connectivity index (χ0) is 14.9. The minimum absolute atomic E-state index is 0.0948. The van der Waals surface area contributed by atoms with Crippen molar-refractivity contribution in [1.29, 1.82) is 0 Å². The van der Waals surface area contributed by atoms with Crippen molar-refractivity contribution in [3.63, 3.8) is 0 Å². The van der Waals surface area contributed by atoms with Crippen LogP contribution in [0.1, 0.15) is 25.3 Å². The van der Waals surface area contributed by atoms with Gasteiger partial charge in [-0.15, -0.1) is 0 Å². The first kappa shape index (κ1) is 15.2. The highest BCUT2D eigenvalue weighted by Crippen LogP contribution is 2.32. The van der Waals surface area contributed by atoms with E-state index in [0.29, 0.717) is 5.02 Å². The topological polar surface area (TPSA) is 21.7 Å². The largest absolute Gasteiger partial charge is 0.381 e. The maximum Gasteiger partial charge on any atom is 0.124 e. The lowest BCUT2D eigenvalue weighted by Crippen LogP contribution is -2.56. The molecule has 0 amide bonds. The minimum atomic E-state index is -0.292. The van der Waals surface area contributed by atoms with Gasteiger partial charge in [-0.2, -0.15) is 0 Å². The van der Waals surface area contributed by atoms with Gasteiger partial charge in [0.15, 0.2) is 0 Å². The lowest BCUT2D eigenvalue weighted by Gasteiger charge is -2.47. The highest BCUT2D eigenvalue weighted by Gasteiger charge is 2.40. The SMILES string of the molecule is C[C@H]1CN(Cc2ccc(F)cc2Cl)CC2(CCOCC2)O1. The molecular weight excluding hydrogens is 293 g/mol. The summed E-state index contributed by atoms with van der Waals surface area (Å²) in [7, 11) is 0. The van der Waals surface area contributed by atoms with E-state index in [2.05, 4.69) is 11.8 Å². The molecule has 2 saturated heterocycles. The van der Waals surface area contributed by atoms with Gasteiger partial charge >= 0.3 is 0 Å². The molecule has 0 radical (unpaired) electrons. The van der Waals surface area contributed by atoms with Crippen molar-refractivity contribution in [3.05, 3.63) is 34.6 Å². The highest BCUT2D eigenvalue weighted by atomic mass is 35.5. The van der Waals surface area contributed by atoms with Crippen LogP contribution in [-0.2, 0) is 16.0 Å². The van der Waals surface area contributed by atoms with Crippen LogP contribution in [0.5, 0.6) is 0 Å². The molecule has 1 spiro atoms. The van der Waals surface area contributed by atoms with Gasteiger partial charge in [0.2, 0.25) is 0 Å². The molecule has 116 valence electrons. The molecule has 0 N–H and O–H groups in total. The van der Waals surface area contributed by atoms with E-state index in [-0.39, 0.29) is 17.5 Å². The second-order valence-electron chi connectivity index (χ2n) is 6.13. The summed E-state index contributed by atoms with van der Waals surface area (Å²) < 4.78 is 24.8. The van der Waals surface area contributed by atoms with Crippen LogP contribution < -0.4 is 0 Å². The number of nitrogens with zero attached hydrogens (tertiary/aromatic N) is 1. The molecule has 0 saturated carbocycles. The van der Waals surface area contributed by atoms with Crippen LogP contribution in [0.3, 0.4) is 0 Å². The Morgan fingerprint density at radius 3 is 2.86 bits per heavy atom. The number of hydrogen-bond donors (Lipinski definition) is 0. The standard InChI is InChI=1S/C16H21ClFNO2/c1-12-9-19(10-13-2-3-14(18)8-15(13)17)11-16(21-12)4-6-20-7-5-16/h2-3,8,12H,4-7,9-11H2,1H3/t12-/m0/s1. The van der Waals surface area contributed by atoms with Crippen molar-refractivity contribution in [2.75, 3.05) is 26.3 Å². The van der Waals surface area contributed by atoms with Gasteiger partial charge in [-0.3, -0.25) is 4.90 Å². The summed E-state index contributed by atoms with van der Waals surface area (Å²) in [5, 5.41) is 0.496. The van der Waals surface area contributed by atoms with E-state index in [1.54, 1.807) is 6.07 Å². The van der Waals surface area contributed by atoms with E-state index < -0.39 is 0 Å². The second-order valence-corrected chi connectivity index (χ2v) is 6.54. The first-order valence-corrected chi connectivity index (χ1v) is 7.86. The van der Waals surface area contributed by atoms with E-state index in [1.165, 1.54) is 12.1 Å². The van der Waals surface area contributed by atoms with Gasteiger partial charge in [0.1, 0.15) is 5.82 Å². The lowest BCUT2D eigenvalue weighted by atomic mass is 9.91. The third-order valence-electron chi connectivity index (χ3n) is 4.29. The van der Waals surface area contributed by atoms with E-state index in [9.17, 15) is 4.39 Å². The van der Waals surface area contributed by atoms with Crippen molar-refractivity contribution in [1.82, 2.24) is 4.90 Å². The number of morpholine rings is 1. The maximum atomic E-state index is 13.1. The summed E-state index contributed by atoms with van der Waals surface area (Å²) in [6, 6.07) is 4.62. The van der Waals surface area contributed by atoms with Crippen molar-refractivity contribution in [2.45, 2.75) is 38.0 Å². The predicted molar refractivity (Wildman–Crippen MR) is 80.0 cm³/mol. The molecule has 21 heavy (non-hydrogen) atoms. The Labute approximate surface area is 130 Å². The van der Waals surface area contributed by atoms with Gasteiger partial charge in [-0.25, -0.2) is 4.39 Å². The van der Waals surface area contributed by atoms with Crippen LogP contribution in [-0.4, -0.2) is 42.9 Å². The molecule has 0 unspecified atom stereocenters. The van der Waals surface area contributed by atoms with Crippen molar-refractivity contribution in [3.8, 4) is 0 Å². The monoisotopic (exact) mass is 313 g/mol. The Hall–Kier alpha value is -0.680. The molecule has 2 aliphatic heterocycles. The van der Waals surface area contributed by atoms with Crippen LogP contribution in [0.4, 0.5) is 4.39 Å². The number of ether oxygens (including phenoxy) is 2. The van der Waals surface area contributed by atoms with Crippen LogP contribution in [0, 0.1) is 5.82 Å². The van der Waals surface area contributed by atoms with E-state index in [1.807, 2.05) is 0 Å². The van der Waals surface area contributed by atoms with Gasteiger partial charge in [-0.1, -0.05) is 17.7 Å². The fraction of sp³-hybridized carbons (Fsp3) is 0.625. The number of halogens is 2. The maximum absolute atomic E-state index is 13.1. The van der Waals surface area contributed by atoms with Crippen LogP contribution in [0.2, 0.25) is 5.02 Å². The molecular formula is C16H21ClFNO2. The third-order valence-corrected chi connectivity index (χ3v) is 4.64. The number of benzene rings is 1. The fourth-order valence-electron chi connectivity index (χ4n) is 3.37. The molecule has 1 atom stereocenters. The van der Waals surface area contributed by atoms with Crippen molar-refractivity contribution < 1.29 is 13.9 Å².